The van der Waals surface area contributed by atoms with Crippen molar-refractivity contribution in [3.63, 3.8) is 0 Å². The molecule has 0 spiro atoms. The minimum atomic E-state index is -3.54. The zero-order valence-electron chi connectivity index (χ0n) is 9.13. The molecule has 0 atom stereocenters. The topological polar surface area (TPSA) is 26.0 Å². The van der Waals surface area contributed by atoms with Gasteiger partial charge >= 0.3 is 5.92 Å². The average molecular weight is 255 g/mol. The van der Waals surface area contributed by atoms with Crippen LogP contribution >= 0.6 is 0 Å². The summed E-state index contributed by atoms with van der Waals surface area (Å²) in [5.74, 6) is -5.72. The van der Waals surface area contributed by atoms with Crippen LogP contribution in [-0.4, -0.2) is 0 Å². The monoisotopic (exact) mass is 255 g/mol. The first kappa shape index (κ1) is 12.4. The summed E-state index contributed by atoms with van der Waals surface area (Å²) in [7, 11) is 0. The standard InChI is InChI=1S/C13H9F4N/c14-9-3-6-11(12(15)7-9)13(16,17)8-1-4-10(18)5-2-8/h1-7H,18H2. The van der Waals surface area contributed by atoms with Gasteiger partial charge in [0.1, 0.15) is 11.6 Å². The van der Waals surface area contributed by atoms with Gasteiger partial charge in [-0.3, -0.25) is 0 Å². The Kier molecular flexibility index (Phi) is 2.98. The molecule has 0 saturated heterocycles. The van der Waals surface area contributed by atoms with Gasteiger partial charge in [0.05, 0.1) is 5.56 Å². The van der Waals surface area contributed by atoms with E-state index in [1.54, 1.807) is 0 Å². The van der Waals surface area contributed by atoms with Gasteiger partial charge < -0.3 is 5.73 Å². The normalized spacial score (nSPS) is 11.6. The van der Waals surface area contributed by atoms with Crippen molar-refractivity contribution < 1.29 is 17.6 Å². The molecule has 0 aliphatic heterocycles. The van der Waals surface area contributed by atoms with E-state index < -0.39 is 28.7 Å². The van der Waals surface area contributed by atoms with Crippen molar-refractivity contribution >= 4 is 5.69 Å². The molecule has 2 aromatic rings. The Bertz CT molecular complexity index is 564. The van der Waals surface area contributed by atoms with Gasteiger partial charge in [0.15, 0.2) is 0 Å². The van der Waals surface area contributed by atoms with Gasteiger partial charge in [-0.05, 0) is 24.3 Å². The Hall–Kier alpha value is -2.04. The number of benzene rings is 2. The van der Waals surface area contributed by atoms with Crippen molar-refractivity contribution in [1.82, 2.24) is 0 Å². The quantitative estimate of drug-likeness (QED) is 0.642. The first-order valence-corrected chi connectivity index (χ1v) is 5.10. The molecule has 5 heteroatoms. The lowest BCUT2D eigenvalue weighted by molar-refractivity contribution is 0.0388. The minimum absolute atomic E-state index is 0.328. The molecule has 2 N–H and O–H groups in total. The molecule has 0 aliphatic rings. The van der Waals surface area contributed by atoms with Crippen LogP contribution in [0.1, 0.15) is 11.1 Å². The van der Waals surface area contributed by atoms with E-state index in [0.717, 1.165) is 24.3 Å². The summed E-state index contributed by atoms with van der Waals surface area (Å²) < 4.78 is 54.1. The summed E-state index contributed by atoms with van der Waals surface area (Å²) >= 11 is 0. The van der Waals surface area contributed by atoms with Crippen molar-refractivity contribution in [2.24, 2.45) is 0 Å². The fraction of sp³-hybridized carbons (Fsp3) is 0.0769. The molecule has 0 bridgehead atoms. The molecule has 0 aliphatic carbocycles. The van der Waals surface area contributed by atoms with Crippen LogP contribution in [-0.2, 0) is 5.92 Å². The number of hydrogen-bond donors (Lipinski definition) is 1. The number of nitrogen functional groups attached to an aromatic ring is 1. The first-order valence-electron chi connectivity index (χ1n) is 5.10. The molecule has 18 heavy (non-hydrogen) atoms. The molecular weight excluding hydrogens is 246 g/mol. The van der Waals surface area contributed by atoms with Gasteiger partial charge in [-0.2, -0.15) is 8.78 Å². The Morgan fingerprint density at radius 1 is 0.889 bits per heavy atom. The van der Waals surface area contributed by atoms with Crippen LogP contribution < -0.4 is 5.73 Å². The lowest BCUT2D eigenvalue weighted by Gasteiger charge is -2.18. The van der Waals surface area contributed by atoms with E-state index in [-0.39, 0.29) is 0 Å². The zero-order valence-corrected chi connectivity index (χ0v) is 9.13. The number of nitrogens with two attached hydrogens (primary N) is 1. The van der Waals surface area contributed by atoms with Crippen molar-refractivity contribution in [1.29, 1.82) is 0 Å². The molecule has 0 unspecified atom stereocenters. The molecule has 2 rings (SSSR count). The maximum atomic E-state index is 14.0. The highest BCUT2D eigenvalue weighted by molar-refractivity contribution is 5.43. The largest absolute Gasteiger partial charge is 0.399 e. The average Bonchev–Trinajstić information content (AvgIpc) is 2.29. The maximum Gasteiger partial charge on any atom is 0.301 e. The summed E-state index contributed by atoms with van der Waals surface area (Å²) in [6.07, 6.45) is 0. The molecule has 0 fully saturated rings. The van der Waals surface area contributed by atoms with E-state index in [2.05, 4.69) is 0 Å². The summed E-state index contributed by atoms with van der Waals surface area (Å²) in [6.45, 7) is 0. The highest BCUT2D eigenvalue weighted by Gasteiger charge is 2.36. The van der Waals surface area contributed by atoms with E-state index in [1.807, 2.05) is 0 Å². The summed E-state index contributed by atoms with van der Waals surface area (Å²) in [5.41, 5.74) is 4.45. The van der Waals surface area contributed by atoms with Crippen LogP contribution in [0.15, 0.2) is 42.5 Å². The molecule has 0 saturated carbocycles. The Balaban J connectivity index is 2.50. The number of hydrogen-bond acceptors (Lipinski definition) is 1. The predicted molar refractivity (Wildman–Crippen MR) is 60.2 cm³/mol. The van der Waals surface area contributed by atoms with Crippen molar-refractivity contribution in [3.05, 3.63) is 65.2 Å². The van der Waals surface area contributed by atoms with Crippen molar-refractivity contribution in [2.75, 3.05) is 5.73 Å². The van der Waals surface area contributed by atoms with Crippen LogP contribution in [0, 0.1) is 11.6 Å². The van der Waals surface area contributed by atoms with Gasteiger partial charge in [-0.1, -0.05) is 12.1 Å². The van der Waals surface area contributed by atoms with Crippen LogP contribution in [0.2, 0.25) is 0 Å². The van der Waals surface area contributed by atoms with E-state index >= 15 is 0 Å². The fourth-order valence-electron chi connectivity index (χ4n) is 1.59. The third kappa shape index (κ3) is 2.16. The van der Waals surface area contributed by atoms with Gasteiger partial charge in [0, 0.05) is 17.3 Å². The van der Waals surface area contributed by atoms with Crippen LogP contribution in [0.4, 0.5) is 23.2 Å². The van der Waals surface area contributed by atoms with E-state index in [1.165, 1.54) is 12.1 Å². The number of rotatable bonds is 2. The van der Waals surface area contributed by atoms with Crippen molar-refractivity contribution in [2.45, 2.75) is 5.92 Å². The van der Waals surface area contributed by atoms with E-state index in [9.17, 15) is 17.6 Å². The maximum absolute atomic E-state index is 14.0. The molecule has 0 aromatic heterocycles. The summed E-state index contributed by atoms with van der Waals surface area (Å²) in [5, 5.41) is 0. The molecule has 0 amide bonds. The lowest BCUT2D eigenvalue weighted by atomic mass is 9.99. The predicted octanol–water partition coefficient (Wildman–Crippen LogP) is 3.69. The lowest BCUT2D eigenvalue weighted by Crippen LogP contribution is -2.17. The number of alkyl halides is 2. The molecular formula is C13H9F4N. The van der Waals surface area contributed by atoms with Crippen LogP contribution in [0.5, 0.6) is 0 Å². The Morgan fingerprint density at radius 3 is 2.06 bits per heavy atom. The summed E-state index contributed by atoms with van der Waals surface area (Å²) in [4.78, 5) is 0. The van der Waals surface area contributed by atoms with Gasteiger partial charge in [-0.25, -0.2) is 8.78 Å². The zero-order chi connectivity index (χ0) is 13.3. The first-order chi connectivity index (χ1) is 8.41. The fourth-order valence-corrected chi connectivity index (χ4v) is 1.59. The Labute approximate surface area is 101 Å². The SMILES string of the molecule is Nc1ccc(C(F)(F)c2ccc(F)cc2F)cc1. The highest BCUT2D eigenvalue weighted by Crippen LogP contribution is 2.37. The highest BCUT2D eigenvalue weighted by atomic mass is 19.3. The smallest absolute Gasteiger partial charge is 0.301 e. The molecule has 2 aromatic carbocycles. The van der Waals surface area contributed by atoms with E-state index in [0.29, 0.717) is 11.8 Å². The summed E-state index contributed by atoms with van der Waals surface area (Å²) in [6, 6.07) is 6.77. The number of anilines is 1. The molecule has 0 radical (unpaired) electrons. The number of halogens is 4. The van der Waals surface area contributed by atoms with Gasteiger partial charge in [0.25, 0.3) is 0 Å². The third-order valence-corrected chi connectivity index (χ3v) is 2.54. The van der Waals surface area contributed by atoms with Crippen LogP contribution in [0.3, 0.4) is 0 Å². The van der Waals surface area contributed by atoms with E-state index in [4.69, 9.17) is 5.73 Å². The molecule has 1 nitrogen and oxygen atoms in total. The second-order valence-electron chi connectivity index (χ2n) is 3.82. The molecule has 94 valence electrons. The minimum Gasteiger partial charge on any atom is -0.399 e. The second-order valence-corrected chi connectivity index (χ2v) is 3.82. The second kappa shape index (κ2) is 4.33. The van der Waals surface area contributed by atoms with Gasteiger partial charge in [0.2, 0.25) is 0 Å². The third-order valence-electron chi connectivity index (χ3n) is 2.54. The van der Waals surface area contributed by atoms with Crippen molar-refractivity contribution in [3.8, 4) is 0 Å². The van der Waals surface area contributed by atoms with Gasteiger partial charge in [-0.15, -0.1) is 0 Å². The van der Waals surface area contributed by atoms with Crippen LogP contribution in [0.25, 0.3) is 0 Å². The Morgan fingerprint density at radius 2 is 1.50 bits per heavy atom. The molecule has 0 heterocycles.